The van der Waals surface area contributed by atoms with Crippen LogP contribution < -0.4 is 5.73 Å². The smallest absolute Gasteiger partial charge is 0.0302 e. The molecule has 0 bridgehead atoms. The van der Waals surface area contributed by atoms with Crippen LogP contribution in [0.4, 0.5) is 0 Å². The van der Waals surface area contributed by atoms with Gasteiger partial charge in [0.05, 0.1) is 0 Å². The van der Waals surface area contributed by atoms with E-state index in [1.54, 1.807) is 0 Å². The molecule has 2 aromatic carbocycles. The molecule has 0 heterocycles. The van der Waals surface area contributed by atoms with Crippen molar-refractivity contribution >= 4 is 11.8 Å². The highest BCUT2D eigenvalue weighted by molar-refractivity contribution is 7.99. The summed E-state index contributed by atoms with van der Waals surface area (Å²) in [4.78, 5) is 1.31. The summed E-state index contributed by atoms with van der Waals surface area (Å²) in [6, 6.07) is 20.9. The molecule has 0 aliphatic rings. The second-order valence-corrected chi connectivity index (χ2v) is 5.14. The quantitative estimate of drug-likeness (QED) is 0.807. The van der Waals surface area contributed by atoms with Crippen LogP contribution in [0.1, 0.15) is 18.0 Å². The largest absolute Gasteiger partial charge is 0.324 e. The molecule has 2 heteroatoms. The Labute approximate surface area is 107 Å². The van der Waals surface area contributed by atoms with E-state index in [-0.39, 0.29) is 6.04 Å². The first kappa shape index (κ1) is 12.2. The van der Waals surface area contributed by atoms with Crippen molar-refractivity contribution in [2.75, 3.05) is 5.75 Å². The van der Waals surface area contributed by atoms with Crippen LogP contribution in [0.15, 0.2) is 65.6 Å². The van der Waals surface area contributed by atoms with Gasteiger partial charge in [0, 0.05) is 10.9 Å². The molecule has 2 aromatic rings. The monoisotopic (exact) mass is 243 g/mol. The third-order valence-corrected chi connectivity index (χ3v) is 3.71. The van der Waals surface area contributed by atoms with Crippen molar-refractivity contribution in [2.45, 2.75) is 17.4 Å². The third-order valence-electron chi connectivity index (χ3n) is 2.67. The van der Waals surface area contributed by atoms with Gasteiger partial charge in [-0.05, 0) is 29.9 Å². The van der Waals surface area contributed by atoms with Gasteiger partial charge in [0.15, 0.2) is 0 Å². The van der Waals surface area contributed by atoms with Crippen LogP contribution in [0.2, 0.25) is 0 Å². The highest BCUT2D eigenvalue weighted by Crippen LogP contribution is 2.22. The summed E-state index contributed by atoms with van der Waals surface area (Å²) >= 11 is 1.86. The maximum Gasteiger partial charge on any atom is 0.0302 e. The molecule has 1 atom stereocenters. The summed E-state index contributed by atoms with van der Waals surface area (Å²) < 4.78 is 0. The molecular formula is C15H17NS. The van der Waals surface area contributed by atoms with Gasteiger partial charge in [0.1, 0.15) is 0 Å². The van der Waals surface area contributed by atoms with Gasteiger partial charge in [-0.25, -0.2) is 0 Å². The Morgan fingerprint density at radius 3 is 2.12 bits per heavy atom. The predicted molar refractivity (Wildman–Crippen MR) is 75.2 cm³/mol. The van der Waals surface area contributed by atoms with Crippen LogP contribution in [-0.4, -0.2) is 5.75 Å². The van der Waals surface area contributed by atoms with E-state index >= 15 is 0 Å². The topological polar surface area (TPSA) is 26.0 Å². The fraction of sp³-hybridized carbons (Fsp3) is 0.200. The van der Waals surface area contributed by atoms with Crippen molar-refractivity contribution in [1.29, 1.82) is 0 Å². The Kier molecular flexibility index (Phi) is 4.65. The minimum Gasteiger partial charge on any atom is -0.324 e. The van der Waals surface area contributed by atoms with Crippen LogP contribution in [0.5, 0.6) is 0 Å². The van der Waals surface area contributed by atoms with E-state index in [1.807, 2.05) is 36.0 Å². The molecule has 1 unspecified atom stereocenters. The highest BCUT2D eigenvalue weighted by atomic mass is 32.2. The average Bonchev–Trinajstić information content (AvgIpc) is 2.41. The molecule has 17 heavy (non-hydrogen) atoms. The molecule has 88 valence electrons. The first-order valence-electron chi connectivity index (χ1n) is 5.84. The Hall–Kier alpha value is -1.25. The fourth-order valence-electron chi connectivity index (χ4n) is 1.69. The van der Waals surface area contributed by atoms with E-state index in [4.69, 9.17) is 5.73 Å². The van der Waals surface area contributed by atoms with Crippen molar-refractivity contribution in [3.63, 3.8) is 0 Å². The van der Waals surface area contributed by atoms with Crippen LogP contribution in [0, 0.1) is 0 Å². The Morgan fingerprint density at radius 2 is 1.47 bits per heavy atom. The maximum atomic E-state index is 6.15. The van der Waals surface area contributed by atoms with Crippen LogP contribution in [-0.2, 0) is 0 Å². The molecule has 0 fully saturated rings. The normalized spacial score (nSPS) is 12.3. The first-order chi connectivity index (χ1) is 8.36. The fourth-order valence-corrected chi connectivity index (χ4v) is 2.64. The van der Waals surface area contributed by atoms with Gasteiger partial charge < -0.3 is 5.73 Å². The summed E-state index contributed by atoms with van der Waals surface area (Å²) in [5.41, 5.74) is 7.37. The summed E-state index contributed by atoms with van der Waals surface area (Å²) in [5.74, 6) is 1.06. The number of hydrogen-bond acceptors (Lipinski definition) is 2. The van der Waals surface area contributed by atoms with Crippen LogP contribution in [0.3, 0.4) is 0 Å². The molecule has 0 aliphatic heterocycles. The van der Waals surface area contributed by atoms with E-state index in [0.29, 0.717) is 0 Å². The number of nitrogens with two attached hydrogens (primary N) is 1. The Bertz CT molecular complexity index is 427. The van der Waals surface area contributed by atoms with Gasteiger partial charge in [-0.1, -0.05) is 48.5 Å². The van der Waals surface area contributed by atoms with E-state index in [0.717, 1.165) is 12.2 Å². The van der Waals surface area contributed by atoms with E-state index in [1.165, 1.54) is 10.5 Å². The second-order valence-electron chi connectivity index (χ2n) is 3.97. The Morgan fingerprint density at radius 1 is 0.882 bits per heavy atom. The summed E-state index contributed by atoms with van der Waals surface area (Å²) in [5, 5.41) is 0. The summed E-state index contributed by atoms with van der Waals surface area (Å²) in [7, 11) is 0. The van der Waals surface area contributed by atoms with Crippen LogP contribution >= 0.6 is 11.8 Å². The number of rotatable bonds is 5. The first-order valence-corrected chi connectivity index (χ1v) is 6.83. The number of benzene rings is 2. The summed E-state index contributed by atoms with van der Waals surface area (Å²) in [6.45, 7) is 0. The third kappa shape index (κ3) is 3.91. The molecular weight excluding hydrogens is 226 g/mol. The zero-order chi connectivity index (χ0) is 11.9. The molecule has 0 spiro atoms. The van der Waals surface area contributed by atoms with Gasteiger partial charge in [-0.15, -0.1) is 11.8 Å². The van der Waals surface area contributed by atoms with Gasteiger partial charge in [0.25, 0.3) is 0 Å². The second kappa shape index (κ2) is 6.48. The minimum absolute atomic E-state index is 0.146. The van der Waals surface area contributed by atoms with Crippen molar-refractivity contribution in [2.24, 2.45) is 5.73 Å². The lowest BCUT2D eigenvalue weighted by atomic mass is 10.1. The SMILES string of the molecule is NC(CCSc1ccccc1)c1ccccc1. The molecule has 0 aromatic heterocycles. The van der Waals surface area contributed by atoms with Crippen molar-refractivity contribution < 1.29 is 0 Å². The lowest BCUT2D eigenvalue weighted by Crippen LogP contribution is -2.10. The predicted octanol–water partition coefficient (Wildman–Crippen LogP) is 3.87. The van der Waals surface area contributed by atoms with E-state index in [9.17, 15) is 0 Å². The lowest BCUT2D eigenvalue weighted by Gasteiger charge is -2.11. The standard InChI is InChI=1S/C15H17NS/c16-15(13-7-3-1-4-8-13)11-12-17-14-9-5-2-6-10-14/h1-10,15H,11-12,16H2. The molecule has 1 nitrogen and oxygen atoms in total. The molecule has 0 radical (unpaired) electrons. The number of hydrogen-bond donors (Lipinski definition) is 1. The molecule has 0 saturated carbocycles. The number of thioether (sulfide) groups is 1. The van der Waals surface area contributed by atoms with Gasteiger partial charge >= 0.3 is 0 Å². The van der Waals surface area contributed by atoms with Crippen molar-refractivity contribution in [3.05, 3.63) is 66.2 Å². The molecule has 0 saturated heterocycles. The zero-order valence-electron chi connectivity index (χ0n) is 9.75. The molecule has 0 aliphatic carbocycles. The molecule has 2 rings (SSSR count). The van der Waals surface area contributed by atoms with Crippen molar-refractivity contribution in [3.8, 4) is 0 Å². The highest BCUT2D eigenvalue weighted by Gasteiger charge is 2.04. The minimum atomic E-state index is 0.146. The van der Waals surface area contributed by atoms with E-state index in [2.05, 4.69) is 36.4 Å². The van der Waals surface area contributed by atoms with Crippen LogP contribution in [0.25, 0.3) is 0 Å². The molecule has 0 amide bonds. The Balaban J connectivity index is 1.79. The lowest BCUT2D eigenvalue weighted by molar-refractivity contribution is 0.705. The van der Waals surface area contributed by atoms with Gasteiger partial charge in [-0.2, -0.15) is 0 Å². The van der Waals surface area contributed by atoms with E-state index < -0.39 is 0 Å². The molecule has 2 N–H and O–H groups in total. The summed E-state index contributed by atoms with van der Waals surface area (Å²) in [6.07, 6.45) is 1.00. The maximum absolute atomic E-state index is 6.15. The van der Waals surface area contributed by atoms with Crippen molar-refractivity contribution in [1.82, 2.24) is 0 Å². The average molecular weight is 243 g/mol. The van der Waals surface area contributed by atoms with Gasteiger partial charge in [-0.3, -0.25) is 0 Å². The zero-order valence-corrected chi connectivity index (χ0v) is 10.6. The van der Waals surface area contributed by atoms with Gasteiger partial charge in [0.2, 0.25) is 0 Å².